The van der Waals surface area contributed by atoms with E-state index in [1.807, 2.05) is 0 Å². The summed E-state index contributed by atoms with van der Waals surface area (Å²) in [5.41, 5.74) is 0.962. The van der Waals surface area contributed by atoms with Crippen LogP contribution in [0, 0.1) is 11.8 Å². The van der Waals surface area contributed by atoms with Crippen molar-refractivity contribution in [1.29, 1.82) is 0 Å². The molecule has 1 saturated heterocycles. The molecule has 2 rings (SSSR count). The van der Waals surface area contributed by atoms with E-state index in [1.54, 1.807) is 24.3 Å². The summed E-state index contributed by atoms with van der Waals surface area (Å²) in [5, 5.41) is 13.9. The van der Waals surface area contributed by atoms with Crippen molar-refractivity contribution in [2.75, 3.05) is 20.1 Å². The number of carboxylic acids is 1. The second-order valence-corrected chi connectivity index (χ2v) is 5.94. The Morgan fingerprint density at radius 3 is 2.50 bits per heavy atom. The van der Waals surface area contributed by atoms with Crippen LogP contribution in [0.1, 0.15) is 15.9 Å². The van der Waals surface area contributed by atoms with Gasteiger partial charge in [-0.1, -0.05) is 12.1 Å². The molecule has 1 aromatic carbocycles. The van der Waals surface area contributed by atoms with E-state index < -0.39 is 43.1 Å². The zero-order chi connectivity index (χ0) is 19.5. The number of carbonyl (C=O) groups is 3. The number of carboxylic acid groups (broad SMARTS) is 1. The van der Waals surface area contributed by atoms with Crippen molar-refractivity contribution < 1.29 is 32.7 Å². The Morgan fingerprint density at radius 2 is 1.96 bits per heavy atom. The molecule has 0 aliphatic carbocycles. The average molecular weight is 373 g/mol. The molecule has 1 aromatic rings. The van der Waals surface area contributed by atoms with Crippen LogP contribution in [0.15, 0.2) is 24.3 Å². The van der Waals surface area contributed by atoms with E-state index in [0.29, 0.717) is 11.1 Å². The van der Waals surface area contributed by atoms with Crippen molar-refractivity contribution in [2.45, 2.75) is 12.7 Å². The molecular formula is C16H18F3N3O4. The summed E-state index contributed by atoms with van der Waals surface area (Å²) in [4.78, 5) is 35.6. The minimum Gasteiger partial charge on any atom is -0.481 e. The third-order valence-electron chi connectivity index (χ3n) is 4.20. The van der Waals surface area contributed by atoms with Crippen LogP contribution in [0.4, 0.5) is 18.0 Å². The first-order valence-corrected chi connectivity index (χ1v) is 7.76. The number of alkyl halides is 3. The topological polar surface area (TPSA) is 98.7 Å². The van der Waals surface area contributed by atoms with Gasteiger partial charge in [-0.2, -0.15) is 13.2 Å². The van der Waals surface area contributed by atoms with Gasteiger partial charge in [0.2, 0.25) is 0 Å². The molecule has 3 N–H and O–H groups in total. The number of nitrogens with zero attached hydrogens (tertiary/aromatic N) is 1. The predicted molar refractivity (Wildman–Crippen MR) is 84.3 cm³/mol. The highest BCUT2D eigenvalue weighted by atomic mass is 19.4. The van der Waals surface area contributed by atoms with Gasteiger partial charge in [0, 0.05) is 32.2 Å². The van der Waals surface area contributed by atoms with E-state index in [1.165, 1.54) is 7.05 Å². The first-order valence-electron chi connectivity index (χ1n) is 7.76. The standard InChI is InChI=1S/C16H18F3N3O4/c1-20-13(23)10-4-2-3-9(5-10)6-21-15(26)22-7-11(14(24)25)12(8-22)16(17,18)19/h2-5,11-12H,6-8H2,1H3,(H,20,23)(H,21,26)(H,24,25)/t11-,12-/m1/s1. The molecule has 1 heterocycles. The molecule has 7 nitrogen and oxygen atoms in total. The number of urea groups is 1. The number of carbonyl (C=O) groups excluding carboxylic acids is 2. The first kappa shape index (κ1) is 19.5. The SMILES string of the molecule is CNC(=O)c1cccc(CNC(=O)N2C[C@@H](C(F)(F)F)[C@H](C(=O)O)C2)c1. The molecular weight excluding hydrogens is 355 g/mol. The van der Waals surface area contributed by atoms with E-state index in [0.717, 1.165) is 4.90 Å². The number of benzene rings is 1. The molecule has 2 atom stereocenters. The summed E-state index contributed by atoms with van der Waals surface area (Å²) < 4.78 is 38.9. The third-order valence-corrected chi connectivity index (χ3v) is 4.20. The highest BCUT2D eigenvalue weighted by Crippen LogP contribution is 2.37. The number of likely N-dealkylation sites (tertiary alicyclic amines) is 1. The van der Waals surface area contributed by atoms with Gasteiger partial charge < -0.3 is 20.6 Å². The van der Waals surface area contributed by atoms with Crippen molar-refractivity contribution >= 4 is 17.9 Å². The number of hydrogen-bond donors (Lipinski definition) is 3. The second-order valence-electron chi connectivity index (χ2n) is 5.94. The molecule has 0 bridgehead atoms. The van der Waals surface area contributed by atoms with Crippen molar-refractivity contribution in [2.24, 2.45) is 11.8 Å². The van der Waals surface area contributed by atoms with Gasteiger partial charge in [0.05, 0.1) is 11.8 Å². The van der Waals surface area contributed by atoms with Gasteiger partial charge in [0.25, 0.3) is 5.91 Å². The molecule has 1 aliphatic rings. The van der Waals surface area contributed by atoms with Gasteiger partial charge in [0.15, 0.2) is 0 Å². The fourth-order valence-corrected chi connectivity index (χ4v) is 2.81. The van der Waals surface area contributed by atoms with Crippen LogP contribution in [0.2, 0.25) is 0 Å². The van der Waals surface area contributed by atoms with Gasteiger partial charge in [-0.25, -0.2) is 4.79 Å². The molecule has 0 radical (unpaired) electrons. The molecule has 0 saturated carbocycles. The van der Waals surface area contributed by atoms with Crippen molar-refractivity contribution in [3.63, 3.8) is 0 Å². The van der Waals surface area contributed by atoms with Crippen molar-refractivity contribution in [1.82, 2.24) is 15.5 Å². The lowest BCUT2D eigenvalue weighted by molar-refractivity contribution is -0.187. The van der Waals surface area contributed by atoms with Crippen LogP contribution in [0.25, 0.3) is 0 Å². The first-order chi connectivity index (χ1) is 12.1. The number of rotatable bonds is 4. The number of amides is 3. The Bertz CT molecular complexity index is 708. The zero-order valence-electron chi connectivity index (χ0n) is 13.8. The Balaban J connectivity index is 2.00. The molecule has 0 aromatic heterocycles. The van der Waals surface area contributed by atoms with Crippen LogP contribution >= 0.6 is 0 Å². The molecule has 26 heavy (non-hydrogen) atoms. The lowest BCUT2D eigenvalue weighted by Gasteiger charge is -2.18. The normalized spacial score (nSPS) is 19.9. The summed E-state index contributed by atoms with van der Waals surface area (Å²) in [6.45, 7) is -1.22. The highest BCUT2D eigenvalue weighted by Gasteiger charge is 2.53. The molecule has 142 valence electrons. The van der Waals surface area contributed by atoms with E-state index in [4.69, 9.17) is 5.11 Å². The van der Waals surface area contributed by atoms with Gasteiger partial charge in [-0.3, -0.25) is 9.59 Å². The summed E-state index contributed by atoms with van der Waals surface area (Å²) >= 11 is 0. The fourth-order valence-electron chi connectivity index (χ4n) is 2.81. The maximum Gasteiger partial charge on any atom is 0.394 e. The lowest BCUT2D eigenvalue weighted by Crippen LogP contribution is -2.39. The van der Waals surface area contributed by atoms with E-state index in [-0.39, 0.29) is 12.5 Å². The predicted octanol–water partition coefficient (Wildman–Crippen LogP) is 1.45. The lowest BCUT2D eigenvalue weighted by atomic mass is 9.96. The van der Waals surface area contributed by atoms with Crippen LogP contribution < -0.4 is 10.6 Å². The second kappa shape index (κ2) is 7.63. The van der Waals surface area contributed by atoms with Gasteiger partial charge in [-0.15, -0.1) is 0 Å². The molecule has 3 amide bonds. The Kier molecular flexibility index (Phi) is 5.73. The smallest absolute Gasteiger partial charge is 0.394 e. The largest absolute Gasteiger partial charge is 0.481 e. The highest BCUT2D eigenvalue weighted by molar-refractivity contribution is 5.94. The third kappa shape index (κ3) is 4.44. The molecule has 0 unspecified atom stereocenters. The minimum absolute atomic E-state index is 0.00537. The molecule has 0 spiro atoms. The average Bonchev–Trinajstić information content (AvgIpc) is 3.05. The molecule has 1 aliphatic heterocycles. The van der Waals surface area contributed by atoms with Crippen LogP contribution in [0.3, 0.4) is 0 Å². The van der Waals surface area contributed by atoms with Crippen LogP contribution in [-0.2, 0) is 11.3 Å². The van der Waals surface area contributed by atoms with E-state index >= 15 is 0 Å². The fraction of sp³-hybridized carbons (Fsp3) is 0.438. The Hall–Kier alpha value is -2.78. The van der Waals surface area contributed by atoms with E-state index in [9.17, 15) is 27.6 Å². The maximum atomic E-state index is 13.0. The van der Waals surface area contributed by atoms with Gasteiger partial charge >= 0.3 is 18.2 Å². The van der Waals surface area contributed by atoms with Crippen LogP contribution in [0.5, 0.6) is 0 Å². The van der Waals surface area contributed by atoms with Crippen LogP contribution in [-0.4, -0.2) is 54.2 Å². The summed E-state index contributed by atoms with van der Waals surface area (Å²) in [5.74, 6) is -5.67. The van der Waals surface area contributed by atoms with Gasteiger partial charge in [-0.05, 0) is 17.7 Å². The Morgan fingerprint density at radius 1 is 1.27 bits per heavy atom. The quantitative estimate of drug-likeness (QED) is 0.744. The number of nitrogens with one attached hydrogen (secondary N) is 2. The summed E-state index contributed by atoms with van der Waals surface area (Å²) in [6, 6.07) is 5.60. The monoisotopic (exact) mass is 373 g/mol. The van der Waals surface area contributed by atoms with Crippen molar-refractivity contribution in [3.8, 4) is 0 Å². The maximum absolute atomic E-state index is 13.0. The van der Waals surface area contributed by atoms with Crippen molar-refractivity contribution in [3.05, 3.63) is 35.4 Å². The van der Waals surface area contributed by atoms with Gasteiger partial charge in [0.1, 0.15) is 0 Å². The van der Waals surface area contributed by atoms with E-state index in [2.05, 4.69) is 10.6 Å². The number of aliphatic carboxylic acids is 1. The zero-order valence-corrected chi connectivity index (χ0v) is 13.8. The molecule has 10 heteroatoms. The number of halogens is 3. The molecule has 1 fully saturated rings. The number of hydrogen-bond acceptors (Lipinski definition) is 3. The Labute approximate surface area is 147 Å². The summed E-state index contributed by atoms with van der Waals surface area (Å²) in [6.07, 6.45) is -4.69. The minimum atomic E-state index is -4.69. The summed E-state index contributed by atoms with van der Waals surface area (Å²) in [7, 11) is 1.47.